The maximum atomic E-state index is 12.8. The fourth-order valence-electron chi connectivity index (χ4n) is 3.25. The van der Waals surface area contributed by atoms with E-state index in [0.29, 0.717) is 16.8 Å². The van der Waals surface area contributed by atoms with Crippen molar-refractivity contribution in [2.45, 2.75) is 27.4 Å². The zero-order chi connectivity index (χ0) is 19.6. The van der Waals surface area contributed by atoms with E-state index < -0.39 is 5.97 Å². The highest BCUT2D eigenvalue weighted by molar-refractivity contribution is 6.02. The van der Waals surface area contributed by atoms with Crippen LogP contribution in [0.3, 0.4) is 0 Å². The summed E-state index contributed by atoms with van der Waals surface area (Å²) in [5.74, 6) is -0.819. The quantitative estimate of drug-likeness (QED) is 0.532. The van der Waals surface area contributed by atoms with Crippen LogP contribution in [0.4, 0.5) is 0 Å². The predicted molar refractivity (Wildman–Crippen MR) is 102 cm³/mol. The minimum absolute atomic E-state index is 0.181. The number of benzene rings is 1. The molecule has 1 N–H and O–H groups in total. The number of methoxy groups -OCH3 is 1. The molecule has 0 saturated carbocycles. The Morgan fingerprint density at radius 1 is 1.15 bits per heavy atom. The molecule has 2 heterocycles. The van der Waals surface area contributed by atoms with E-state index in [4.69, 9.17) is 9.47 Å². The van der Waals surface area contributed by atoms with Gasteiger partial charge in [0.05, 0.1) is 23.4 Å². The van der Waals surface area contributed by atoms with Gasteiger partial charge in [0.25, 0.3) is 0 Å². The molecule has 3 aromatic rings. The number of nitrogens with zero attached hydrogens (tertiary/aromatic N) is 1. The van der Waals surface area contributed by atoms with Crippen molar-refractivity contribution in [1.29, 1.82) is 0 Å². The van der Waals surface area contributed by atoms with Gasteiger partial charge in [0, 0.05) is 29.4 Å². The maximum Gasteiger partial charge on any atom is 0.340 e. The number of aryl methyl sites for hydroxylation is 3. The van der Waals surface area contributed by atoms with Crippen molar-refractivity contribution in [3.05, 3.63) is 64.1 Å². The summed E-state index contributed by atoms with van der Waals surface area (Å²) in [6, 6.07) is 9.33. The average Bonchev–Trinajstić information content (AvgIpc) is 2.98. The minimum Gasteiger partial charge on any atom is -0.454 e. The van der Waals surface area contributed by atoms with E-state index in [1.165, 1.54) is 0 Å². The van der Waals surface area contributed by atoms with Crippen molar-refractivity contribution >= 4 is 22.7 Å². The number of rotatable bonds is 6. The van der Waals surface area contributed by atoms with Crippen molar-refractivity contribution in [3.63, 3.8) is 0 Å². The summed E-state index contributed by atoms with van der Waals surface area (Å²) in [7, 11) is 1.54. The van der Waals surface area contributed by atoms with Gasteiger partial charge in [-0.1, -0.05) is 18.2 Å². The molecule has 0 aliphatic heterocycles. The summed E-state index contributed by atoms with van der Waals surface area (Å²) in [4.78, 5) is 32.7. The Kier molecular flexibility index (Phi) is 5.37. The van der Waals surface area contributed by atoms with Gasteiger partial charge in [0.2, 0.25) is 5.78 Å². The third kappa shape index (κ3) is 3.75. The van der Waals surface area contributed by atoms with Crippen LogP contribution >= 0.6 is 0 Å². The Labute approximate surface area is 157 Å². The van der Waals surface area contributed by atoms with Gasteiger partial charge in [-0.25, -0.2) is 9.78 Å². The van der Waals surface area contributed by atoms with Crippen LogP contribution in [-0.2, 0) is 16.1 Å². The van der Waals surface area contributed by atoms with Gasteiger partial charge in [-0.3, -0.25) is 4.79 Å². The fraction of sp³-hybridized carbons (Fsp3) is 0.286. The van der Waals surface area contributed by atoms with Gasteiger partial charge in [-0.2, -0.15) is 0 Å². The van der Waals surface area contributed by atoms with Crippen LogP contribution in [0.1, 0.15) is 43.4 Å². The number of pyridine rings is 1. The average molecular weight is 366 g/mol. The number of carbonyl (C=O) groups excluding carboxylic acids is 2. The van der Waals surface area contributed by atoms with Crippen LogP contribution in [0, 0.1) is 20.8 Å². The monoisotopic (exact) mass is 366 g/mol. The zero-order valence-corrected chi connectivity index (χ0v) is 15.9. The maximum absolute atomic E-state index is 12.8. The summed E-state index contributed by atoms with van der Waals surface area (Å²) in [5, 5.41) is 0.868. The molecule has 0 fully saturated rings. The van der Waals surface area contributed by atoms with Crippen LogP contribution in [0.5, 0.6) is 0 Å². The van der Waals surface area contributed by atoms with Crippen LogP contribution in [0.2, 0.25) is 0 Å². The third-order valence-corrected chi connectivity index (χ3v) is 4.50. The first-order chi connectivity index (χ1) is 12.9. The first kappa shape index (κ1) is 18.8. The number of aromatic amines is 1. The lowest BCUT2D eigenvalue weighted by Gasteiger charge is -2.13. The second kappa shape index (κ2) is 7.72. The Morgan fingerprint density at radius 3 is 2.56 bits per heavy atom. The van der Waals surface area contributed by atoms with Crippen molar-refractivity contribution in [2.24, 2.45) is 0 Å². The van der Waals surface area contributed by atoms with Gasteiger partial charge in [0.15, 0.2) is 6.61 Å². The number of fused-ring (bicyclic) bond motifs is 1. The number of Topliss-reactive ketones (excluding diaryl/α,β-unsaturated/α-hetero) is 1. The van der Waals surface area contributed by atoms with Crippen molar-refractivity contribution < 1.29 is 19.1 Å². The molecule has 1 aromatic carbocycles. The fourth-order valence-corrected chi connectivity index (χ4v) is 3.25. The molecular formula is C21H22N2O4. The van der Waals surface area contributed by atoms with E-state index >= 15 is 0 Å². The topological polar surface area (TPSA) is 81.3 Å². The third-order valence-electron chi connectivity index (χ3n) is 4.50. The second-order valence-corrected chi connectivity index (χ2v) is 6.50. The van der Waals surface area contributed by atoms with Gasteiger partial charge in [-0.05, 0) is 38.5 Å². The van der Waals surface area contributed by atoms with E-state index in [1.54, 1.807) is 13.2 Å². The van der Waals surface area contributed by atoms with E-state index in [2.05, 4.69) is 9.97 Å². The molecule has 0 radical (unpaired) electrons. The first-order valence-corrected chi connectivity index (χ1v) is 8.66. The largest absolute Gasteiger partial charge is 0.454 e. The predicted octanol–water partition coefficient (Wildman–Crippen LogP) is 3.67. The number of carbonyl (C=O) groups is 2. The van der Waals surface area contributed by atoms with E-state index in [9.17, 15) is 9.59 Å². The van der Waals surface area contributed by atoms with Crippen LogP contribution in [0.15, 0.2) is 30.3 Å². The highest BCUT2D eigenvalue weighted by Gasteiger charge is 2.22. The molecule has 0 unspecified atom stereocenters. The van der Waals surface area contributed by atoms with Gasteiger partial charge < -0.3 is 14.5 Å². The Bertz CT molecular complexity index is 1020. The Hall–Kier alpha value is -2.99. The second-order valence-electron chi connectivity index (χ2n) is 6.50. The lowest BCUT2D eigenvalue weighted by molar-refractivity contribution is 0.0469. The normalized spacial score (nSPS) is 11.0. The molecule has 0 aliphatic carbocycles. The number of hydrogen-bond acceptors (Lipinski definition) is 5. The van der Waals surface area contributed by atoms with Crippen LogP contribution < -0.4 is 0 Å². The number of aromatic nitrogens is 2. The summed E-state index contributed by atoms with van der Waals surface area (Å²) in [5.41, 5.74) is 4.58. The summed E-state index contributed by atoms with van der Waals surface area (Å²) < 4.78 is 10.5. The first-order valence-electron chi connectivity index (χ1n) is 8.66. The Morgan fingerprint density at radius 2 is 1.89 bits per heavy atom. The molecule has 3 rings (SSSR count). The van der Waals surface area contributed by atoms with E-state index in [0.717, 1.165) is 27.9 Å². The molecule has 0 saturated heterocycles. The number of esters is 1. The molecule has 0 bridgehead atoms. The lowest BCUT2D eigenvalue weighted by Crippen LogP contribution is -2.18. The van der Waals surface area contributed by atoms with Crippen LogP contribution in [-0.4, -0.2) is 35.4 Å². The number of nitrogens with one attached hydrogen (secondary N) is 1. The number of H-pyrrole nitrogens is 1. The molecule has 0 atom stereocenters. The van der Waals surface area contributed by atoms with Gasteiger partial charge in [0.1, 0.15) is 0 Å². The SMILES string of the molecule is COCc1nc2ccccc2c(C)c1C(=O)OCC(=O)c1cc(C)[nH]c1C. The molecular weight excluding hydrogens is 344 g/mol. The van der Waals surface area contributed by atoms with E-state index in [-0.39, 0.29) is 19.0 Å². The molecule has 0 aliphatic rings. The summed E-state index contributed by atoms with van der Waals surface area (Å²) in [6.45, 7) is 5.39. The molecule has 140 valence electrons. The highest BCUT2D eigenvalue weighted by atomic mass is 16.5. The smallest absolute Gasteiger partial charge is 0.340 e. The summed E-state index contributed by atoms with van der Waals surface area (Å²) in [6.07, 6.45) is 0. The lowest BCUT2D eigenvalue weighted by atomic mass is 10.0. The number of hydrogen-bond donors (Lipinski definition) is 1. The summed E-state index contributed by atoms with van der Waals surface area (Å²) >= 11 is 0. The number of para-hydroxylation sites is 1. The molecule has 6 nitrogen and oxygen atoms in total. The van der Waals surface area contributed by atoms with Crippen molar-refractivity contribution in [3.8, 4) is 0 Å². The highest BCUT2D eigenvalue weighted by Crippen LogP contribution is 2.24. The van der Waals surface area contributed by atoms with Gasteiger partial charge in [-0.15, -0.1) is 0 Å². The molecule has 0 amide bonds. The number of ketones is 1. The van der Waals surface area contributed by atoms with Crippen LogP contribution in [0.25, 0.3) is 10.9 Å². The minimum atomic E-state index is -0.573. The van der Waals surface area contributed by atoms with Crippen molar-refractivity contribution in [2.75, 3.05) is 13.7 Å². The van der Waals surface area contributed by atoms with Gasteiger partial charge >= 0.3 is 5.97 Å². The van der Waals surface area contributed by atoms with Crippen molar-refractivity contribution in [1.82, 2.24) is 9.97 Å². The Balaban J connectivity index is 1.88. The van der Waals surface area contributed by atoms with E-state index in [1.807, 2.05) is 45.0 Å². The molecule has 0 spiro atoms. The standard InChI is InChI=1S/C21H22N2O4/c1-12-9-16(14(3)22-12)19(24)11-27-21(25)20-13(2)15-7-5-6-8-17(15)23-18(20)10-26-4/h5-9,22H,10-11H2,1-4H3. The molecule has 6 heteroatoms. The molecule has 2 aromatic heterocycles. The zero-order valence-electron chi connectivity index (χ0n) is 15.9. The molecule has 27 heavy (non-hydrogen) atoms. The number of ether oxygens (including phenoxy) is 2.